The first-order chi connectivity index (χ1) is 9.15. The Balaban J connectivity index is 1.62. The number of carbonyl (C=O) groups is 1. The fraction of sp³-hybridized carbons (Fsp3) is 0.455. The molecule has 2 aromatic rings. The van der Waals surface area contributed by atoms with Crippen molar-refractivity contribution in [2.45, 2.75) is 5.92 Å². The number of hydrogen-bond acceptors (Lipinski definition) is 6. The van der Waals surface area contributed by atoms with Gasteiger partial charge in [0.1, 0.15) is 0 Å². The van der Waals surface area contributed by atoms with Crippen molar-refractivity contribution >= 4 is 11.9 Å². The Morgan fingerprint density at radius 1 is 1.53 bits per heavy atom. The standard InChI is InChI=1S/C11H14N6O2/c1-16(2)11-14-9(19-15-11)7-5-17(6-7)10(18)8-12-3-4-13-8/h3-4,7H,5-6H2,1-2H3,(H,12,13). The number of H-pyrrole nitrogens is 1. The third-order valence-electron chi connectivity index (χ3n) is 3.05. The fourth-order valence-electron chi connectivity index (χ4n) is 1.91. The normalized spacial score (nSPS) is 15.4. The molecule has 1 amide bonds. The molecule has 0 bridgehead atoms. The third kappa shape index (κ3) is 2.05. The van der Waals surface area contributed by atoms with E-state index in [1.807, 2.05) is 14.1 Å². The number of anilines is 1. The molecule has 0 unspecified atom stereocenters. The van der Waals surface area contributed by atoms with Crippen LogP contribution in [-0.4, -0.2) is 58.1 Å². The second-order valence-corrected chi connectivity index (χ2v) is 4.67. The molecule has 0 atom stereocenters. The molecule has 0 saturated carbocycles. The van der Waals surface area contributed by atoms with Gasteiger partial charge < -0.3 is 19.3 Å². The van der Waals surface area contributed by atoms with Gasteiger partial charge in [-0.1, -0.05) is 0 Å². The molecule has 0 radical (unpaired) electrons. The van der Waals surface area contributed by atoms with Gasteiger partial charge in [0.2, 0.25) is 5.89 Å². The third-order valence-corrected chi connectivity index (χ3v) is 3.05. The number of imidazole rings is 1. The lowest BCUT2D eigenvalue weighted by atomic mass is 10.00. The van der Waals surface area contributed by atoms with E-state index in [-0.39, 0.29) is 11.8 Å². The number of aromatic amines is 1. The first kappa shape index (κ1) is 11.7. The minimum absolute atomic E-state index is 0.103. The van der Waals surface area contributed by atoms with E-state index in [2.05, 4.69) is 20.1 Å². The van der Waals surface area contributed by atoms with E-state index in [1.165, 1.54) is 0 Å². The molecule has 1 N–H and O–H groups in total. The van der Waals surface area contributed by atoms with Gasteiger partial charge in [0, 0.05) is 39.6 Å². The van der Waals surface area contributed by atoms with Crippen molar-refractivity contribution in [1.82, 2.24) is 25.0 Å². The zero-order chi connectivity index (χ0) is 13.4. The summed E-state index contributed by atoms with van der Waals surface area (Å²) in [7, 11) is 3.70. The maximum Gasteiger partial charge on any atom is 0.289 e. The molecule has 19 heavy (non-hydrogen) atoms. The quantitative estimate of drug-likeness (QED) is 0.843. The maximum atomic E-state index is 11.9. The molecule has 0 spiro atoms. The molecule has 1 aliphatic heterocycles. The summed E-state index contributed by atoms with van der Waals surface area (Å²) in [6, 6.07) is 0. The average molecular weight is 262 g/mol. The van der Waals surface area contributed by atoms with Crippen LogP contribution in [0.2, 0.25) is 0 Å². The lowest BCUT2D eigenvalue weighted by Crippen LogP contribution is -2.48. The van der Waals surface area contributed by atoms with Gasteiger partial charge in [-0.05, 0) is 5.16 Å². The molecule has 8 heteroatoms. The van der Waals surface area contributed by atoms with E-state index in [0.717, 1.165) is 0 Å². The van der Waals surface area contributed by atoms with Crippen molar-refractivity contribution in [3.05, 3.63) is 24.1 Å². The number of nitrogens with zero attached hydrogens (tertiary/aromatic N) is 5. The Labute approximate surface area is 109 Å². The smallest absolute Gasteiger partial charge is 0.289 e. The van der Waals surface area contributed by atoms with Crippen molar-refractivity contribution in [1.29, 1.82) is 0 Å². The molecule has 3 heterocycles. The highest BCUT2D eigenvalue weighted by Gasteiger charge is 2.36. The van der Waals surface area contributed by atoms with Gasteiger partial charge in [-0.2, -0.15) is 4.98 Å². The van der Waals surface area contributed by atoms with Crippen molar-refractivity contribution in [2.24, 2.45) is 0 Å². The largest absolute Gasteiger partial charge is 0.344 e. The number of amides is 1. The lowest BCUT2D eigenvalue weighted by Gasteiger charge is -2.36. The van der Waals surface area contributed by atoms with Crippen LogP contribution in [0, 0.1) is 0 Å². The second kappa shape index (κ2) is 4.38. The summed E-state index contributed by atoms with van der Waals surface area (Å²) in [6.45, 7) is 1.16. The van der Waals surface area contributed by atoms with Gasteiger partial charge in [0.25, 0.3) is 11.9 Å². The van der Waals surface area contributed by atoms with Crippen molar-refractivity contribution in [3.8, 4) is 0 Å². The summed E-state index contributed by atoms with van der Waals surface area (Å²) < 4.78 is 5.18. The Morgan fingerprint density at radius 2 is 2.32 bits per heavy atom. The molecular weight excluding hydrogens is 248 g/mol. The summed E-state index contributed by atoms with van der Waals surface area (Å²) >= 11 is 0. The highest BCUT2D eigenvalue weighted by atomic mass is 16.5. The summed E-state index contributed by atoms with van der Waals surface area (Å²) in [4.78, 5) is 26.4. The molecular formula is C11H14N6O2. The highest BCUT2D eigenvalue weighted by molar-refractivity contribution is 5.91. The number of aromatic nitrogens is 4. The molecule has 3 rings (SSSR count). The molecule has 0 aliphatic carbocycles. The number of likely N-dealkylation sites (tertiary alicyclic amines) is 1. The van der Waals surface area contributed by atoms with Gasteiger partial charge in [-0.15, -0.1) is 0 Å². The Morgan fingerprint density at radius 3 is 2.89 bits per heavy atom. The monoisotopic (exact) mass is 262 g/mol. The number of rotatable bonds is 3. The van der Waals surface area contributed by atoms with E-state index in [1.54, 1.807) is 22.2 Å². The second-order valence-electron chi connectivity index (χ2n) is 4.67. The van der Waals surface area contributed by atoms with Crippen molar-refractivity contribution in [3.63, 3.8) is 0 Å². The summed E-state index contributed by atoms with van der Waals surface area (Å²) in [6.07, 6.45) is 3.19. The van der Waals surface area contributed by atoms with E-state index < -0.39 is 0 Å². The zero-order valence-electron chi connectivity index (χ0n) is 10.7. The van der Waals surface area contributed by atoms with E-state index >= 15 is 0 Å². The van der Waals surface area contributed by atoms with Gasteiger partial charge in [-0.3, -0.25) is 4.79 Å². The summed E-state index contributed by atoms with van der Waals surface area (Å²) in [5.74, 6) is 1.49. The van der Waals surface area contributed by atoms with Crippen molar-refractivity contribution in [2.75, 3.05) is 32.1 Å². The molecule has 0 aromatic carbocycles. The van der Waals surface area contributed by atoms with Crippen LogP contribution in [-0.2, 0) is 0 Å². The fourth-order valence-corrected chi connectivity index (χ4v) is 1.91. The van der Waals surface area contributed by atoms with Crippen LogP contribution in [0.15, 0.2) is 16.9 Å². The van der Waals surface area contributed by atoms with Gasteiger partial charge in [-0.25, -0.2) is 4.98 Å². The van der Waals surface area contributed by atoms with Crippen LogP contribution in [0.4, 0.5) is 5.95 Å². The van der Waals surface area contributed by atoms with Crippen LogP contribution < -0.4 is 4.90 Å². The lowest BCUT2D eigenvalue weighted by molar-refractivity contribution is 0.0557. The number of nitrogens with one attached hydrogen (secondary N) is 1. The first-order valence-electron chi connectivity index (χ1n) is 5.94. The first-order valence-corrected chi connectivity index (χ1v) is 5.94. The van der Waals surface area contributed by atoms with Gasteiger partial charge in [0.15, 0.2) is 5.82 Å². The minimum atomic E-state index is -0.103. The predicted octanol–water partition coefficient (Wildman–Crippen LogP) is 0.0983. The Bertz CT molecular complexity index is 570. The summed E-state index contributed by atoms with van der Waals surface area (Å²) in [5.41, 5.74) is 0. The average Bonchev–Trinajstić information content (AvgIpc) is 2.98. The van der Waals surface area contributed by atoms with Gasteiger partial charge >= 0.3 is 0 Å². The topological polar surface area (TPSA) is 91.2 Å². The van der Waals surface area contributed by atoms with Crippen LogP contribution in [0.5, 0.6) is 0 Å². The summed E-state index contributed by atoms with van der Waals surface area (Å²) in [5, 5.41) is 3.86. The zero-order valence-corrected chi connectivity index (χ0v) is 10.7. The van der Waals surface area contributed by atoms with E-state index in [9.17, 15) is 4.79 Å². The van der Waals surface area contributed by atoms with Crippen LogP contribution in [0.1, 0.15) is 22.4 Å². The van der Waals surface area contributed by atoms with E-state index in [4.69, 9.17) is 4.52 Å². The highest BCUT2D eigenvalue weighted by Crippen LogP contribution is 2.27. The maximum absolute atomic E-state index is 11.9. The van der Waals surface area contributed by atoms with Crippen LogP contribution in [0.3, 0.4) is 0 Å². The minimum Gasteiger partial charge on any atom is -0.344 e. The molecule has 100 valence electrons. The van der Waals surface area contributed by atoms with Crippen LogP contribution >= 0.6 is 0 Å². The van der Waals surface area contributed by atoms with E-state index in [0.29, 0.717) is 30.8 Å². The molecule has 2 aromatic heterocycles. The molecule has 1 aliphatic rings. The number of hydrogen-bond donors (Lipinski definition) is 1. The van der Waals surface area contributed by atoms with Crippen LogP contribution in [0.25, 0.3) is 0 Å². The number of carbonyl (C=O) groups excluding carboxylic acids is 1. The van der Waals surface area contributed by atoms with Gasteiger partial charge in [0.05, 0.1) is 5.92 Å². The Kier molecular flexibility index (Phi) is 2.69. The van der Waals surface area contributed by atoms with Crippen molar-refractivity contribution < 1.29 is 9.32 Å². The predicted molar refractivity (Wildman–Crippen MR) is 65.9 cm³/mol. The molecule has 1 saturated heterocycles. The Hall–Kier alpha value is -2.38. The SMILES string of the molecule is CN(C)c1noc(C2CN(C(=O)c3ncc[nH]3)C2)n1. The molecule has 8 nitrogen and oxygen atoms in total. The molecule has 1 fully saturated rings.